The van der Waals surface area contributed by atoms with E-state index in [4.69, 9.17) is 9.47 Å². The Balaban J connectivity index is 1.28. The highest BCUT2D eigenvalue weighted by Gasteiger charge is 2.47. The van der Waals surface area contributed by atoms with Gasteiger partial charge in [0.05, 0.1) is 31.3 Å². The molecule has 2 aromatic rings. The molecule has 0 saturated carbocycles. The van der Waals surface area contributed by atoms with Crippen LogP contribution < -0.4 is 0 Å². The van der Waals surface area contributed by atoms with Gasteiger partial charge in [0.15, 0.2) is 0 Å². The summed E-state index contributed by atoms with van der Waals surface area (Å²) >= 11 is 0. The standard InChI is InChI=1S/C20H23N3O3/c24-19(11-17-3-1-2-7-22-17)23-10-6-20(15-23)12-18(14-26-20)25-13-16-4-8-21-9-5-16/h1-5,7-9,18H,6,10-15H2/t18-,20+/m1/s1. The quantitative estimate of drug-likeness (QED) is 0.823. The number of carbonyl (C=O) groups is 1. The minimum atomic E-state index is -0.247. The van der Waals surface area contributed by atoms with Crippen molar-refractivity contribution in [3.05, 3.63) is 60.2 Å². The Kier molecular flexibility index (Phi) is 4.95. The molecule has 2 fully saturated rings. The Morgan fingerprint density at radius 1 is 1.27 bits per heavy atom. The number of aromatic nitrogens is 2. The van der Waals surface area contributed by atoms with Crippen LogP contribution in [-0.2, 0) is 27.3 Å². The summed E-state index contributed by atoms with van der Waals surface area (Å²) in [6, 6.07) is 9.57. The lowest BCUT2D eigenvalue weighted by Gasteiger charge is -2.23. The second kappa shape index (κ2) is 7.51. The second-order valence-electron chi connectivity index (χ2n) is 7.05. The molecule has 2 atom stereocenters. The van der Waals surface area contributed by atoms with Gasteiger partial charge < -0.3 is 14.4 Å². The molecule has 0 unspecified atom stereocenters. The molecular formula is C20H23N3O3. The average molecular weight is 353 g/mol. The van der Waals surface area contributed by atoms with Crippen molar-refractivity contribution in [1.29, 1.82) is 0 Å². The lowest BCUT2D eigenvalue weighted by atomic mass is 9.98. The fourth-order valence-electron chi connectivity index (χ4n) is 3.71. The fraction of sp³-hybridized carbons (Fsp3) is 0.450. The molecule has 6 nitrogen and oxygen atoms in total. The molecule has 0 radical (unpaired) electrons. The van der Waals surface area contributed by atoms with Gasteiger partial charge >= 0.3 is 0 Å². The number of nitrogens with zero attached hydrogens (tertiary/aromatic N) is 3. The molecule has 0 N–H and O–H groups in total. The molecule has 2 aromatic heterocycles. The number of hydrogen-bond donors (Lipinski definition) is 0. The Morgan fingerprint density at radius 3 is 2.96 bits per heavy atom. The summed E-state index contributed by atoms with van der Waals surface area (Å²) in [6.45, 7) is 2.54. The van der Waals surface area contributed by atoms with Gasteiger partial charge in [-0.3, -0.25) is 14.8 Å². The molecule has 0 bridgehead atoms. The molecule has 6 heteroatoms. The molecule has 4 heterocycles. The summed E-state index contributed by atoms with van der Waals surface area (Å²) in [4.78, 5) is 22.7. The zero-order chi connectivity index (χ0) is 17.8. The van der Waals surface area contributed by atoms with E-state index in [1.807, 2.05) is 35.2 Å². The van der Waals surface area contributed by atoms with E-state index in [-0.39, 0.29) is 17.6 Å². The van der Waals surface area contributed by atoms with E-state index in [0.717, 1.165) is 30.6 Å². The third-order valence-corrected chi connectivity index (χ3v) is 5.14. The molecule has 26 heavy (non-hydrogen) atoms. The van der Waals surface area contributed by atoms with Crippen molar-refractivity contribution in [3.8, 4) is 0 Å². The van der Waals surface area contributed by atoms with Crippen molar-refractivity contribution in [2.75, 3.05) is 19.7 Å². The topological polar surface area (TPSA) is 64.6 Å². The maximum Gasteiger partial charge on any atom is 0.228 e. The van der Waals surface area contributed by atoms with Gasteiger partial charge in [0.1, 0.15) is 0 Å². The van der Waals surface area contributed by atoms with Crippen LogP contribution in [0.25, 0.3) is 0 Å². The van der Waals surface area contributed by atoms with E-state index < -0.39 is 0 Å². The number of hydrogen-bond acceptors (Lipinski definition) is 5. The van der Waals surface area contributed by atoms with Gasteiger partial charge in [0.2, 0.25) is 5.91 Å². The van der Waals surface area contributed by atoms with Crippen molar-refractivity contribution in [3.63, 3.8) is 0 Å². The Morgan fingerprint density at radius 2 is 2.15 bits per heavy atom. The van der Waals surface area contributed by atoms with Gasteiger partial charge in [-0.05, 0) is 36.2 Å². The molecule has 2 aliphatic heterocycles. The van der Waals surface area contributed by atoms with E-state index in [1.165, 1.54) is 0 Å². The maximum atomic E-state index is 12.5. The van der Waals surface area contributed by atoms with E-state index in [2.05, 4.69) is 9.97 Å². The number of pyridine rings is 2. The lowest BCUT2D eigenvalue weighted by Crippen LogP contribution is -2.36. The van der Waals surface area contributed by atoms with Gasteiger partial charge in [-0.25, -0.2) is 0 Å². The monoisotopic (exact) mass is 353 g/mol. The van der Waals surface area contributed by atoms with Crippen molar-refractivity contribution in [1.82, 2.24) is 14.9 Å². The molecular weight excluding hydrogens is 330 g/mol. The van der Waals surface area contributed by atoms with Crippen LogP contribution in [0, 0.1) is 0 Å². The molecule has 4 rings (SSSR count). The minimum Gasteiger partial charge on any atom is -0.371 e. The molecule has 0 aliphatic carbocycles. The van der Waals surface area contributed by atoms with Gasteiger partial charge in [0.25, 0.3) is 0 Å². The van der Waals surface area contributed by atoms with Gasteiger partial charge in [-0.15, -0.1) is 0 Å². The number of rotatable bonds is 5. The predicted molar refractivity (Wildman–Crippen MR) is 95.3 cm³/mol. The first kappa shape index (κ1) is 17.1. The maximum absolute atomic E-state index is 12.5. The van der Waals surface area contributed by atoms with E-state index in [0.29, 0.717) is 26.2 Å². The number of ether oxygens (including phenoxy) is 2. The molecule has 136 valence electrons. The molecule has 1 spiro atoms. The van der Waals surface area contributed by atoms with Crippen LogP contribution in [0.4, 0.5) is 0 Å². The zero-order valence-corrected chi connectivity index (χ0v) is 14.7. The highest BCUT2D eigenvalue weighted by Crippen LogP contribution is 2.36. The summed E-state index contributed by atoms with van der Waals surface area (Å²) in [7, 11) is 0. The Labute approximate surface area is 153 Å². The smallest absolute Gasteiger partial charge is 0.228 e. The summed E-state index contributed by atoms with van der Waals surface area (Å²) in [5, 5.41) is 0. The van der Waals surface area contributed by atoms with E-state index in [1.54, 1.807) is 18.6 Å². The number of amides is 1. The van der Waals surface area contributed by atoms with E-state index in [9.17, 15) is 4.79 Å². The van der Waals surface area contributed by atoms with Crippen LogP contribution in [0.3, 0.4) is 0 Å². The fourth-order valence-corrected chi connectivity index (χ4v) is 3.71. The average Bonchev–Trinajstić information content (AvgIpc) is 3.29. The molecule has 2 aliphatic rings. The largest absolute Gasteiger partial charge is 0.371 e. The van der Waals surface area contributed by atoms with Crippen LogP contribution in [-0.4, -0.2) is 52.2 Å². The molecule has 1 amide bonds. The third kappa shape index (κ3) is 3.92. The van der Waals surface area contributed by atoms with Crippen molar-refractivity contribution >= 4 is 5.91 Å². The van der Waals surface area contributed by atoms with Crippen LogP contribution in [0.5, 0.6) is 0 Å². The first-order valence-electron chi connectivity index (χ1n) is 9.05. The second-order valence-corrected chi connectivity index (χ2v) is 7.05. The Bertz CT molecular complexity index is 740. The molecule has 0 aromatic carbocycles. The summed E-state index contributed by atoms with van der Waals surface area (Å²) in [6.07, 6.45) is 7.40. The van der Waals surface area contributed by atoms with Crippen molar-refractivity contribution in [2.24, 2.45) is 0 Å². The first-order valence-corrected chi connectivity index (χ1v) is 9.05. The highest BCUT2D eigenvalue weighted by atomic mass is 16.6. The van der Waals surface area contributed by atoms with Crippen LogP contribution >= 0.6 is 0 Å². The first-order chi connectivity index (χ1) is 12.7. The van der Waals surface area contributed by atoms with Gasteiger partial charge in [0, 0.05) is 43.8 Å². The van der Waals surface area contributed by atoms with Gasteiger partial charge in [-0.2, -0.15) is 0 Å². The SMILES string of the molecule is O=C(Cc1ccccn1)N1CC[C@]2(C[C@@H](OCc3ccncc3)CO2)C1. The third-order valence-electron chi connectivity index (χ3n) is 5.14. The Hall–Kier alpha value is -2.31. The van der Waals surface area contributed by atoms with Crippen LogP contribution in [0.2, 0.25) is 0 Å². The molecule has 2 saturated heterocycles. The summed E-state index contributed by atoms with van der Waals surface area (Å²) < 4.78 is 12.1. The van der Waals surface area contributed by atoms with Gasteiger partial charge in [-0.1, -0.05) is 6.07 Å². The summed E-state index contributed by atoms with van der Waals surface area (Å²) in [5.41, 5.74) is 1.67. The zero-order valence-electron chi connectivity index (χ0n) is 14.7. The van der Waals surface area contributed by atoms with Crippen molar-refractivity contribution in [2.45, 2.75) is 37.6 Å². The lowest BCUT2D eigenvalue weighted by molar-refractivity contribution is -0.130. The van der Waals surface area contributed by atoms with Crippen LogP contribution in [0.15, 0.2) is 48.9 Å². The normalized spacial score (nSPS) is 25.1. The predicted octanol–water partition coefficient (Wildman–Crippen LogP) is 2.00. The minimum absolute atomic E-state index is 0.0778. The summed E-state index contributed by atoms with van der Waals surface area (Å²) in [5.74, 6) is 0.116. The van der Waals surface area contributed by atoms with Crippen molar-refractivity contribution < 1.29 is 14.3 Å². The van der Waals surface area contributed by atoms with Crippen LogP contribution in [0.1, 0.15) is 24.1 Å². The highest BCUT2D eigenvalue weighted by molar-refractivity contribution is 5.78. The van der Waals surface area contributed by atoms with E-state index >= 15 is 0 Å². The number of likely N-dealkylation sites (tertiary alicyclic amines) is 1. The number of carbonyl (C=O) groups excluding carboxylic acids is 1.